The van der Waals surface area contributed by atoms with Crippen LogP contribution in [0.2, 0.25) is 0 Å². The average Bonchev–Trinajstić information content (AvgIpc) is 2.40. The molecule has 0 bridgehead atoms. The van der Waals surface area contributed by atoms with Crippen molar-refractivity contribution in [3.63, 3.8) is 0 Å². The summed E-state index contributed by atoms with van der Waals surface area (Å²) in [6, 6.07) is 18.6. The minimum atomic E-state index is -1.70. The molecule has 0 nitrogen and oxygen atoms in total. The zero-order chi connectivity index (χ0) is 14.8. The molecule has 20 heavy (non-hydrogen) atoms. The van der Waals surface area contributed by atoms with Crippen LogP contribution in [0.3, 0.4) is 0 Å². The number of hydrogen-bond donors (Lipinski definition) is 0. The first-order valence-electron chi connectivity index (χ1n) is 5.86. The first kappa shape index (κ1) is 16.3. The van der Waals surface area contributed by atoms with Gasteiger partial charge in [-0.05, 0) is 11.1 Å². The Labute approximate surface area is 143 Å². The molecule has 0 aliphatic carbocycles. The molecule has 0 aliphatic heterocycles. The Bertz CT molecular complexity index is 506. The van der Waals surface area contributed by atoms with Gasteiger partial charge in [0.1, 0.15) is 4.84 Å². The van der Waals surface area contributed by atoms with Crippen molar-refractivity contribution in [2.24, 2.45) is 0 Å². The first-order valence-corrected chi connectivity index (χ1v) is 7.87. The lowest BCUT2D eigenvalue weighted by Crippen LogP contribution is -2.46. The maximum atomic E-state index is 6.28. The van der Waals surface area contributed by atoms with E-state index in [1.54, 1.807) is 0 Å². The lowest BCUT2D eigenvalue weighted by atomic mass is 9.77. The van der Waals surface area contributed by atoms with Gasteiger partial charge < -0.3 is 0 Å². The van der Waals surface area contributed by atoms with E-state index in [1.165, 1.54) is 0 Å². The number of benzene rings is 2. The Morgan fingerprint density at radius 1 is 0.650 bits per heavy atom. The van der Waals surface area contributed by atoms with E-state index in [9.17, 15) is 0 Å². The topological polar surface area (TPSA) is 0 Å². The van der Waals surface area contributed by atoms with E-state index in [1.807, 2.05) is 60.7 Å². The van der Waals surface area contributed by atoms with Crippen LogP contribution in [-0.4, -0.2) is 8.63 Å². The minimum absolute atomic E-state index is 0.751. The summed E-state index contributed by atoms with van der Waals surface area (Å²) in [5.74, 6) is 0. The first-order chi connectivity index (χ1) is 9.40. The molecule has 0 radical (unpaired) electrons. The minimum Gasteiger partial charge on any atom is -0.104 e. The SMILES string of the molecule is ClC(Cl)C(c1ccccc1)(c1ccccc1)C(Cl)(Cl)Cl. The van der Waals surface area contributed by atoms with Crippen LogP contribution < -0.4 is 0 Å². The van der Waals surface area contributed by atoms with E-state index >= 15 is 0 Å². The predicted octanol–water partition coefficient (Wildman–Crippen LogP) is 6.15. The van der Waals surface area contributed by atoms with Crippen molar-refractivity contribution in [2.45, 2.75) is 14.0 Å². The summed E-state index contributed by atoms with van der Waals surface area (Å²) in [5, 5.41) is 0. The fourth-order valence-corrected chi connectivity index (χ4v) is 4.42. The molecule has 106 valence electrons. The van der Waals surface area contributed by atoms with Crippen LogP contribution in [0, 0.1) is 0 Å². The lowest BCUT2D eigenvalue weighted by molar-refractivity contribution is 0.565. The van der Waals surface area contributed by atoms with Gasteiger partial charge in [-0.25, -0.2) is 0 Å². The van der Waals surface area contributed by atoms with Gasteiger partial charge in [-0.1, -0.05) is 95.5 Å². The van der Waals surface area contributed by atoms with Gasteiger partial charge in [-0.15, -0.1) is 23.2 Å². The monoisotopic (exact) mass is 366 g/mol. The highest BCUT2D eigenvalue weighted by molar-refractivity contribution is 6.69. The van der Waals surface area contributed by atoms with Crippen LogP contribution in [0.15, 0.2) is 60.7 Å². The van der Waals surface area contributed by atoms with Crippen molar-refractivity contribution in [1.82, 2.24) is 0 Å². The molecule has 0 unspecified atom stereocenters. The van der Waals surface area contributed by atoms with Gasteiger partial charge in [-0.3, -0.25) is 0 Å². The summed E-state index contributed by atoms with van der Waals surface area (Å²) >= 11 is 31.4. The highest BCUT2D eigenvalue weighted by atomic mass is 35.6. The van der Waals surface area contributed by atoms with Gasteiger partial charge in [0.2, 0.25) is 3.79 Å². The van der Waals surface area contributed by atoms with E-state index in [-0.39, 0.29) is 0 Å². The standard InChI is InChI=1S/C15H11Cl5/c16-13(17)14(15(18,19)20,11-7-3-1-4-8-11)12-9-5-2-6-10-12/h1-10,13H. The van der Waals surface area contributed by atoms with Gasteiger partial charge in [0.15, 0.2) is 0 Å². The summed E-state index contributed by atoms with van der Waals surface area (Å²) in [6.45, 7) is 0. The number of rotatable bonds is 3. The summed E-state index contributed by atoms with van der Waals surface area (Å²) in [6.07, 6.45) is 0. The molecule has 0 amide bonds. The van der Waals surface area contributed by atoms with Crippen molar-refractivity contribution in [1.29, 1.82) is 0 Å². The highest BCUT2D eigenvalue weighted by Crippen LogP contribution is 2.55. The van der Waals surface area contributed by atoms with Gasteiger partial charge in [0, 0.05) is 0 Å². The predicted molar refractivity (Wildman–Crippen MR) is 89.4 cm³/mol. The number of halogens is 5. The van der Waals surface area contributed by atoms with E-state index in [0.717, 1.165) is 11.1 Å². The molecular weight excluding hydrogens is 357 g/mol. The zero-order valence-corrected chi connectivity index (χ0v) is 14.0. The normalized spacial score (nSPS) is 12.7. The molecule has 2 aromatic rings. The molecule has 0 fully saturated rings. The van der Waals surface area contributed by atoms with Gasteiger partial charge in [0.25, 0.3) is 0 Å². The Morgan fingerprint density at radius 3 is 1.25 bits per heavy atom. The molecule has 0 spiro atoms. The molecule has 5 heteroatoms. The van der Waals surface area contributed by atoms with Crippen LogP contribution in [0.25, 0.3) is 0 Å². The van der Waals surface area contributed by atoms with Crippen molar-refractivity contribution in [3.05, 3.63) is 71.8 Å². The van der Waals surface area contributed by atoms with Crippen LogP contribution in [0.1, 0.15) is 11.1 Å². The maximum Gasteiger partial charge on any atom is 0.206 e. The third-order valence-electron chi connectivity index (χ3n) is 3.23. The molecular formula is C15H11Cl5. The van der Waals surface area contributed by atoms with Crippen molar-refractivity contribution < 1.29 is 0 Å². The molecule has 0 saturated carbocycles. The van der Waals surface area contributed by atoms with Crippen molar-refractivity contribution in [2.75, 3.05) is 0 Å². The molecule has 2 aromatic carbocycles. The summed E-state index contributed by atoms with van der Waals surface area (Å²) in [4.78, 5) is -0.931. The second kappa shape index (κ2) is 6.34. The largest absolute Gasteiger partial charge is 0.206 e. The van der Waals surface area contributed by atoms with Gasteiger partial charge in [-0.2, -0.15) is 0 Å². The van der Waals surface area contributed by atoms with Crippen molar-refractivity contribution >= 4 is 58.0 Å². The van der Waals surface area contributed by atoms with Crippen LogP contribution in [-0.2, 0) is 5.41 Å². The molecule has 0 atom stereocenters. The smallest absolute Gasteiger partial charge is 0.104 e. The van der Waals surface area contributed by atoms with Crippen LogP contribution in [0.4, 0.5) is 0 Å². The Kier molecular flexibility index (Phi) is 5.15. The highest BCUT2D eigenvalue weighted by Gasteiger charge is 2.55. The molecule has 0 N–H and O–H groups in total. The van der Waals surface area contributed by atoms with E-state index in [2.05, 4.69) is 0 Å². The summed E-state index contributed by atoms with van der Waals surface area (Å²) in [7, 11) is 0. The molecule has 0 aromatic heterocycles. The second-order valence-electron chi connectivity index (χ2n) is 4.34. The van der Waals surface area contributed by atoms with Crippen LogP contribution >= 0.6 is 58.0 Å². The lowest BCUT2D eigenvalue weighted by Gasteiger charge is -2.41. The fraction of sp³-hybridized carbons (Fsp3) is 0.200. The third-order valence-corrected chi connectivity index (χ3v) is 4.78. The van der Waals surface area contributed by atoms with Gasteiger partial charge in [0.05, 0.1) is 5.41 Å². The molecule has 2 rings (SSSR count). The fourth-order valence-electron chi connectivity index (χ4n) is 2.27. The Morgan fingerprint density at radius 2 is 1.00 bits per heavy atom. The molecule has 0 saturated heterocycles. The Balaban J connectivity index is 2.78. The molecule has 0 heterocycles. The van der Waals surface area contributed by atoms with Crippen LogP contribution in [0.5, 0.6) is 0 Å². The quantitative estimate of drug-likeness (QED) is 0.570. The van der Waals surface area contributed by atoms with Crippen molar-refractivity contribution in [3.8, 4) is 0 Å². The third kappa shape index (κ3) is 2.77. The maximum absolute atomic E-state index is 6.28. The summed E-state index contributed by atoms with van der Waals surface area (Å²) in [5.41, 5.74) is 0.353. The van der Waals surface area contributed by atoms with E-state index < -0.39 is 14.0 Å². The number of hydrogen-bond acceptors (Lipinski definition) is 0. The Hall–Kier alpha value is -0.110. The average molecular weight is 369 g/mol. The van der Waals surface area contributed by atoms with Gasteiger partial charge >= 0.3 is 0 Å². The number of alkyl halides is 5. The van der Waals surface area contributed by atoms with E-state index in [4.69, 9.17) is 58.0 Å². The summed E-state index contributed by atoms with van der Waals surface area (Å²) < 4.78 is -1.70. The molecule has 0 aliphatic rings. The second-order valence-corrected chi connectivity index (χ2v) is 7.72. The van der Waals surface area contributed by atoms with E-state index in [0.29, 0.717) is 0 Å². The zero-order valence-electron chi connectivity index (χ0n) is 10.2.